The Kier molecular flexibility index (Phi) is 5.98. The number of halogens is 3. The number of aromatic nitrogens is 2. The van der Waals surface area contributed by atoms with Crippen LogP contribution in [0.4, 0.5) is 13.2 Å². The second-order valence-electron chi connectivity index (χ2n) is 9.45. The summed E-state index contributed by atoms with van der Waals surface area (Å²) in [4.78, 5) is 26.7. The van der Waals surface area contributed by atoms with E-state index in [9.17, 15) is 31.2 Å². The fraction of sp³-hybridized carbons (Fsp3) is 0.231. The number of rotatable bonds is 7. The summed E-state index contributed by atoms with van der Waals surface area (Å²) < 4.78 is 69.5. The molecule has 1 aromatic heterocycles. The van der Waals surface area contributed by atoms with Crippen LogP contribution in [0, 0.1) is 11.2 Å². The molecule has 0 saturated carbocycles. The van der Waals surface area contributed by atoms with Crippen molar-refractivity contribution in [3.05, 3.63) is 88.6 Å². The van der Waals surface area contributed by atoms with Crippen molar-refractivity contribution in [1.82, 2.24) is 9.13 Å². The highest BCUT2D eigenvalue weighted by Gasteiger charge is 2.45. The molecule has 0 atom stereocenters. The van der Waals surface area contributed by atoms with Gasteiger partial charge in [-0.25, -0.2) is 17.6 Å². The van der Waals surface area contributed by atoms with Crippen LogP contribution in [0.15, 0.2) is 71.5 Å². The number of hydrogen-bond donors (Lipinski definition) is 0. The molecule has 11 heteroatoms. The predicted octanol–water partition coefficient (Wildman–Crippen LogP) is 4.53. The minimum absolute atomic E-state index is 0.0201. The molecule has 0 radical (unpaired) electrons. The van der Waals surface area contributed by atoms with Crippen LogP contribution in [-0.4, -0.2) is 41.5 Å². The first-order valence-electron chi connectivity index (χ1n) is 11.3. The Bertz CT molecular complexity index is 1680. The zero-order valence-electron chi connectivity index (χ0n) is 19.5. The number of alkyl halides is 2. The second-order valence-corrected chi connectivity index (χ2v) is 11.5. The highest BCUT2D eigenvalue weighted by molar-refractivity contribution is 7.92. The van der Waals surface area contributed by atoms with Gasteiger partial charge in [0.2, 0.25) is 0 Å². The number of hydrogen-bond acceptors (Lipinski definition) is 5. The molecular weight excluding hydrogens is 509 g/mol. The van der Waals surface area contributed by atoms with Gasteiger partial charge in [0, 0.05) is 23.5 Å². The van der Waals surface area contributed by atoms with Crippen molar-refractivity contribution in [3.8, 4) is 17.1 Å². The topological polar surface area (TPSA) is 87.4 Å². The zero-order chi connectivity index (χ0) is 26.5. The third kappa shape index (κ3) is 4.78. The van der Waals surface area contributed by atoms with Gasteiger partial charge in [0.1, 0.15) is 11.6 Å². The lowest BCUT2D eigenvalue weighted by Crippen LogP contribution is -2.47. The maximum Gasteiger partial charge on any atom is 0.387 e. The smallest absolute Gasteiger partial charge is 0.387 e. The SMILES string of the molecule is CC1(CC(=O)c2ccc3c(c2)n(-c2ccc(F)cc2)c(=O)n3-c2cccc(OC(F)F)c2)CS(=O)(=O)C1. The maximum absolute atomic E-state index is 13.6. The van der Waals surface area contributed by atoms with Crippen molar-refractivity contribution in [2.45, 2.75) is 20.0 Å². The number of carbonyl (C=O) groups excluding carboxylic acids is 1. The predicted molar refractivity (Wildman–Crippen MR) is 131 cm³/mol. The van der Waals surface area contributed by atoms with Gasteiger partial charge in [0.15, 0.2) is 15.6 Å². The second kappa shape index (κ2) is 8.91. The molecule has 0 aliphatic carbocycles. The van der Waals surface area contributed by atoms with Gasteiger partial charge in [-0.3, -0.25) is 13.9 Å². The zero-order valence-corrected chi connectivity index (χ0v) is 20.3. The molecule has 192 valence electrons. The highest BCUT2D eigenvalue weighted by Crippen LogP contribution is 2.37. The van der Waals surface area contributed by atoms with Crippen molar-refractivity contribution in [2.24, 2.45) is 5.41 Å². The van der Waals surface area contributed by atoms with Crippen LogP contribution in [-0.2, 0) is 9.84 Å². The van der Waals surface area contributed by atoms with Gasteiger partial charge in [-0.2, -0.15) is 8.78 Å². The van der Waals surface area contributed by atoms with Crippen LogP contribution < -0.4 is 10.4 Å². The summed E-state index contributed by atoms with van der Waals surface area (Å²) in [6, 6.07) is 15.4. The summed E-state index contributed by atoms with van der Waals surface area (Å²) in [5.41, 5.74) is 0.334. The molecule has 1 fully saturated rings. The molecule has 0 spiro atoms. The molecule has 0 unspecified atom stereocenters. The summed E-state index contributed by atoms with van der Waals surface area (Å²) >= 11 is 0. The monoisotopic (exact) mass is 530 g/mol. The van der Waals surface area contributed by atoms with Crippen molar-refractivity contribution < 1.29 is 31.1 Å². The first kappa shape index (κ1) is 24.8. The fourth-order valence-electron chi connectivity index (χ4n) is 4.87. The standard InChI is InChI=1S/C26H21F3N2O5S/c1-26(14-37(34,35)15-26)13-23(32)16-5-10-21-22(11-16)30(18-8-6-17(27)7-9-18)25(33)31(21)19-3-2-4-20(12-19)36-24(28)29/h2-12,24H,13-15H2,1H3. The first-order chi connectivity index (χ1) is 17.4. The molecule has 0 N–H and O–H groups in total. The van der Waals surface area contributed by atoms with Crippen LogP contribution in [0.3, 0.4) is 0 Å². The lowest BCUT2D eigenvalue weighted by molar-refractivity contribution is -0.0498. The highest BCUT2D eigenvalue weighted by atomic mass is 32.2. The number of Topliss-reactive ketones (excluding diaryl/α,β-unsaturated/α-hetero) is 1. The van der Waals surface area contributed by atoms with Crippen molar-refractivity contribution in [2.75, 3.05) is 11.5 Å². The first-order valence-corrected chi connectivity index (χ1v) is 13.1. The van der Waals surface area contributed by atoms with Gasteiger partial charge >= 0.3 is 12.3 Å². The van der Waals surface area contributed by atoms with E-state index in [4.69, 9.17) is 0 Å². The lowest BCUT2D eigenvalue weighted by atomic mass is 9.86. The van der Waals surface area contributed by atoms with Gasteiger partial charge in [0.25, 0.3) is 0 Å². The largest absolute Gasteiger partial charge is 0.435 e. The van der Waals surface area contributed by atoms with E-state index in [-0.39, 0.29) is 40.7 Å². The number of sulfone groups is 1. The Labute approximate surface area is 209 Å². The molecule has 3 aromatic carbocycles. The number of fused-ring (bicyclic) bond motifs is 1. The third-order valence-electron chi connectivity index (χ3n) is 6.27. The Hall–Kier alpha value is -3.86. The normalized spacial score (nSPS) is 16.0. The third-order valence-corrected chi connectivity index (χ3v) is 8.55. The van der Waals surface area contributed by atoms with E-state index in [2.05, 4.69) is 4.74 Å². The average Bonchev–Trinajstić information content (AvgIpc) is 3.08. The van der Waals surface area contributed by atoms with Gasteiger partial charge in [0.05, 0.1) is 33.9 Å². The van der Waals surface area contributed by atoms with E-state index in [1.807, 2.05) is 0 Å². The number of carbonyl (C=O) groups is 1. The number of ketones is 1. The quantitative estimate of drug-likeness (QED) is 0.328. The maximum atomic E-state index is 13.6. The summed E-state index contributed by atoms with van der Waals surface area (Å²) in [6.45, 7) is -1.31. The number of nitrogens with zero attached hydrogens (tertiary/aromatic N) is 2. The van der Waals surface area contributed by atoms with Crippen LogP contribution >= 0.6 is 0 Å². The molecule has 2 heterocycles. The average molecular weight is 531 g/mol. The van der Waals surface area contributed by atoms with Crippen LogP contribution in [0.2, 0.25) is 0 Å². The van der Waals surface area contributed by atoms with Gasteiger partial charge in [-0.05, 0) is 54.6 Å². The summed E-state index contributed by atoms with van der Waals surface area (Å²) in [6.07, 6.45) is 0.0201. The van der Waals surface area contributed by atoms with Crippen LogP contribution in [0.1, 0.15) is 23.7 Å². The van der Waals surface area contributed by atoms with E-state index in [0.29, 0.717) is 16.7 Å². The molecule has 0 amide bonds. The lowest BCUT2D eigenvalue weighted by Gasteiger charge is -2.37. The van der Waals surface area contributed by atoms with Crippen molar-refractivity contribution in [1.29, 1.82) is 0 Å². The Balaban J connectivity index is 1.65. The Morgan fingerprint density at radius 1 is 0.973 bits per heavy atom. The van der Waals surface area contributed by atoms with Gasteiger partial charge in [-0.15, -0.1) is 0 Å². The van der Waals surface area contributed by atoms with Gasteiger partial charge in [-0.1, -0.05) is 13.0 Å². The molecule has 5 rings (SSSR count). The minimum atomic E-state index is -3.13. The van der Waals surface area contributed by atoms with E-state index < -0.39 is 33.4 Å². The molecule has 37 heavy (non-hydrogen) atoms. The molecule has 7 nitrogen and oxygen atoms in total. The summed E-state index contributed by atoms with van der Waals surface area (Å²) in [5.74, 6) is -1.06. The molecule has 4 aromatic rings. The molecule has 1 aliphatic heterocycles. The van der Waals surface area contributed by atoms with Gasteiger partial charge < -0.3 is 4.74 Å². The Morgan fingerprint density at radius 3 is 2.30 bits per heavy atom. The number of ether oxygens (including phenoxy) is 1. The number of imidazole rings is 1. The molecular formula is C26H21F3N2O5S. The number of benzene rings is 3. The van der Waals surface area contributed by atoms with E-state index in [1.165, 1.54) is 63.7 Å². The van der Waals surface area contributed by atoms with E-state index in [1.54, 1.807) is 19.1 Å². The van der Waals surface area contributed by atoms with E-state index in [0.717, 1.165) is 0 Å². The van der Waals surface area contributed by atoms with Crippen molar-refractivity contribution >= 4 is 26.7 Å². The molecule has 1 aliphatic rings. The van der Waals surface area contributed by atoms with E-state index >= 15 is 0 Å². The summed E-state index contributed by atoms with van der Waals surface area (Å²) in [7, 11) is -3.13. The fourth-order valence-corrected chi connectivity index (χ4v) is 7.11. The van der Waals surface area contributed by atoms with Crippen molar-refractivity contribution in [3.63, 3.8) is 0 Å². The molecule has 1 saturated heterocycles. The Morgan fingerprint density at radius 2 is 1.65 bits per heavy atom. The van der Waals surface area contributed by atoms with Crippen LogP contribution in [0.5, 0.6) is 5.75 Å². The van der Waals surface area contributed by atoms with Crippen LogP contribution in [0.25, 0.3) is 22.4 Å². The minimum Gasteiger partial charge on any atom is -0.435 e. The molecule has 0 bridgehead atoms. The summed E-state index contributed by atoms with van der Waals surface area (Å²) in [5, 5.41) is 0.